The molecule has 3 heteroatoms. The number of hydrogen-bond donors (Lipinski definition) is 1. The molecule has 104 valence electrons. The minimum atomic E-state index is 0.102. The Morgan fingerprint density at radius 2 is 1.86 bits per heavy atom. The fourth-order valence-corrected chi connectivity index (χ4v) is 2.37. The Morgan fingerprint density at radius 3 is 2.71 bits per heavy atom. The van der Waals surface area contributed by atoms with Crippen LogP contribution in [0.25, 0.3) is 10.9 Å². The predicted octanol–water partition coefficient (Wildman–Crippen LogP) is 3.72. The van der Waals surface area contributed by atoms with E-state index < -0.39 is 0 Å². The molecule has 0 bridgehead atoms. The van der Waals surface area contributed by atoms with Gasteiger partial charge in [0.25, 0.3) is 0 Å². The fraction of sp³-hybridized carbons (Fsp3) is 0.111. The lowest BCUT2D eigenvalue weighted by atomic mass is 10.1. The summed E-state index contributed by atoms with van der Waals surface area (Å²) in [4.78, 5) is 15.1. The molecule has 1 aliphatic heterocycles. The molecule has 0 saturated heterocycles. The molecule has 4 rings (SSSR count). The standard InChI is InChI=1S/C9H9NO.C9H7N/c1-6-2-3-8-7(4-6)5-9(11)10-8;1-2-6-9-8(4-1)5-3-7-10-9/h2-4H,5H2,1H3,(H,10,11);1-7H. The van der Waals surface area contributed by atoms with Gasteiger partial charge < -0.3 is 5.32 Å². The number of hydrogen-bond acceptors (Lipinski definition) is 2. The number of amides is 1. The van der Waals surface area contributed by atoms with E-state index in [0.717, 1.165) is 16.8 Å². The van der Waals surface area contributed by atoms with Crippen molar-refractivity contribution in [2.75, 3.05) is 5.32 Å². The minimum absolute atomic E-state index is 0.102. The van der Waals surface area contributed by atoms with Gasteiger partial charge in [-0.1, -0.05) is 42.0 Å². The van der Waals surface area contributed by atoms with Crippen LogP contribution in [0.4, 0.5) is 5.69 Å². The van der Waals surface area contributed by atoms with Crippen LogP contribution in [0.5, 0.6) is 0 Å². The van der Waals surface area contributed by atoms with Crippen LogP contribution >= 0.6 is 0 Å². The zero-order chi connectivity index (χ0) is 14.7. The summed E-state index contributed by atoms with van der Waals surface area (Å²) in [6.07, 6.45) is 2.35. The van der Waals surface area contributed by atoms with E-state index in [1.807, 2.05) is 55.6 Å². The second-order valence-electron chi connectivity index (χ2n) is 5.08. The van der Waals surface area contributed by atoms with E-state index >= 15 is 0 Å². The second-order valence-corrected chi connectivity index (χ2v) is 5.08. The summed E-state index contributed by atoms with van der Waals surface area (Å²) in [6.45, 7) is 2.03. The van der Waals surface area contributed by atoms with E-state index in [0.29, 0.717) is 6.42 Å². The molecule has 21 heavy (non-hydrogen) atoms. The largest absolute Gasteiger partial charge is 0.326 e. The molecule has 0 unspecified atom stereocenters. The van der Waals surface area contributed by atoms with Gasteiger partial charge in [-0.25, -0.2) is 0 Å². The molecular formula is C18H16N2O. The number of anilines is 1. The van der Waals surface area contributed by atoms with Gasteiger partial charge >= 0.3 is 0 Å². The van der Waals surface area contributed by atoms with Gasteiger partial charge in [0.15, 0.2) is 0 Å². The van der Waals surface area contributed by atoms with Gasteiger partial charge in [0, 0.05) is 17.3 Å². The lowest BCUT2D eigenvalue weighted by Gasteiger charge is -1.97. The SMILES string of the molecule is Cc1ccc2c(c1)CC(=O)N2.c1ccc2ncccc2c1. The molecule has 1 N–H and O–H groups in total. The highest BCUT2D eigenvalue weighted by Crippen LogP contribution is 2.23. The number of pyridine rings is 1. The second kappa shape index (κ2) is 5.75. The predicted molar refractivity (Wildman–Crippen MR) is 85.3 cm³/mol. The van der Waals surface area contributed by atoms with Crippen LogP contribution in [-0.2, 0) is 11.2 Å². The van der Waals surface area contributed by atoms with E-state index in [1.165, 1.54) is 10.9 Å². The highest BCUT2D eigenvalue weighted by atomic mass is 16.1. The molecule has 0 aliphatic carbocycles. The van der Waals surface area contributed by atoms with Gasteiger partial charge in [-0.05, 0) is 30.7 Å². The Bertz CT molecular complexity index is 731. The smallest absolute Gasteiger partial charge is 0.228 e. The van der Waals surface area contributed by atoms with Crippen molar-refractivity contribution in [2.24, 2.45) is 0 Å². The number of aromatic nitrogens is 1. The van der Waals surface area contributed by atoms with Crippen molar-refractivity contribution >= 4 is 22.5 Å². The monoisotopic (exact) mass is 276 g/mol. The number of para-hydroxylation sites is 1. The molecule has 0 atom stereocenters. The number of aryl methyl sites for hydroxylation is 1. The van der Waals surface area contributed by atoms with Crippen molar-refractivity contribution in [1.82, 2.24) is 4.98 Å². The molecular weight excluding hydrogens is 260 g/mol. The number of nitrogens with one attached hydrogen (secondary N) is 1. The molecule has 1 aliphatic rings. The first-order valence-electron chi connectivity index (χ1n) is 6.91. The Balaban J connectivity index is 0.000000126. The molecule has 3 nitrogen and oxygen atoms in total. The maximum Gasteiger partial charge on any atom is 0.228 e. The van der Waals surface area contributed by atoms with Crippen LogP contribution in [0.3, 0.4) is 0 Å². The summed E-state index contributed by atoms with van der Waals surface area (Å²) in [7, 11) is 0. The third kappa shape index (κ3) is 3.08. The van der Waals surface area contributed by atoms with Crippen LogP contribution < -0.4 is 5.32 Å². The van der Waals surface area contributed by atoms with Crippen LogP contribution in [0.1, 0.15) is 11.1 Å². The molecule has 1 aromatic heterocycles. The van der Waals surface area contributed by atoms with Crippen molar-refractivity contribution in [3.8, 4) is 0 Å². The van der Waals surface area contributed by atoms with Crippen LogP contribution in [0.15, 0.2) is 60.8 Å². The maximum absolute atomic E-state index is 10.9. The average Bonchev–Trinajstić information content (AvgIpc) is 2.87. The van der Waals surface area contributed by atoms with Gasteiger partial charge in [-0.15, -0.1) is 0 Å². The normalized spacial score (nSPS) is 12.3. The van der Waals surface area contributed by atoms with Crippen LogP contribution in [0, 0.1) is 6.92 Å². The number of nitrogens with zero attached hydrogens (tertiary/aromatic N) is 1. The Morgan fingerprint density at radius 1 is 1.05 bits per heavy atom. The number of fused-ring (bicyclic) bond motifs is 2. The Kier molecular flexibility index (Phi) is 3.65. The van der Waals surface area contributed by atoms with E-state index in [4.69, 9.17) is 0 Å². The molecule has 2 heterocycles. The van der Waals surface area contributed by atoms with Crippen LogP contribution in [0.2, 0.25) is 0 Å². The van der Waals surface area contributed by atoms with E-state index in [1.54, 1.807) is 0 Å². The highest BCUT2D eigenvalue weighted by Gasteiger charge is 2.16. The third-order valence-corrected chi connectivity index (χ3v) is 3.40. The van der Waals surface area contributed by atoms with E-state index in [-0.39, 0.29) is 5.91 Å². The summed E-state index contributed by atoms with van der Waals surface area (Å²) < 4.78 is 0. The number of carbonyl (C=O) groups excluding carboxylic acids is 1. The number of benzene rings is 2. The number of carbonyl (C=O) groups is 1. The first-order valence-corrected chi connectivity index (χ1v) is 6.91. The van der Waals surface area contributed by atoms with E-state index in [9.17, 15) is 4.79 Å². The summed E-state index contributed by atoms with van der Waals surface area (Å²) in [6, 6.07) is 18.1. The molecule has 1 amide bonds. The van der Waals surface area contributed by atoms with Crippen molar-refractivity contribution in [2.45, 2.75) is 13.3 Å². The first kappa shape index (κ1) is 13.3. The van der Waals surface area contributed by atoms with Crippen molar-refractivity contribution < 1.29 is 4.79 Å². The summed E-state index contributed by atoms with van der Waals surface area (Å²) >= 11 is 0. The van der Waals surface area contributed by atoms with Gasteiger partial charge in [-0.2, -0.15) is 0 Å². The first-order chi connectivity index (χ1) is 10.2. The van der Waals surface area contributed by atoms with E-state index in [2.05, 4.69) is 22.4 Å². The van der Waals surface area contributed by atoms with Gasteiger partial charge in [0.2, 0.25) is 5.91 Å². The van der Waals surface area contributed by atoms with Crippen molar-refractivity contribution in [3.63, 3.8) is 0 Å². The molecule has 0 spiro atoms. The van der Waals surface area contributed by atoms with Gasteiger partial charge in [0.05, 0.1) is 11.9 Å². The summed E-state index contributed by atoms with van der Waals surface area (Å²) in [5.74, 6) is 0.102. The Hall–Kier alpha value is -2.68. The average molecular weight is 276 g/mol. The lowest BCUT2D eigenvalue weighted by Crippen LogP contribution is -2.03. The Labute approximate surface area is 123 Å². The number of rotatable bonds is 0. The zero-order valence-corrected chi connectivity index (χ0v) is 11.8. The topological polar surface area (TPSA) is 42.0 Å². The zero-order valence-electron chi connectivity index (χ0n) is 11.8. The molecule has 3 aromatic rings. The van der Waals surface area contributed by atoms with Crippen molar-refractivity contribution in [3.05, 3.63) is 71.9 Å². The maximum atomic E-state index is 10.9. The third-order valence-electron chi connectivity index (χ3n) is 3.40. The summed E-state index contributed by atoms with van der Waals surface area (Å²) in [5, 5.41) is 3.98. The molecule has 2 aromatic carbocycles. The quantitative estimate of drug-likeness (QED) is 0.680. The minimum Gasteiger partial charge on any atom is -0.326 e. The lowest BCUT2D eigenvalue weighted by molar-refractivity contribution is -0.115. The van der Waals surface area contributed by atoms with Crippen LogP contribution in [-0.4, -0.2) is 10.9 Å². The highest BCUT2D eigenvalue weighted by molar-refractivity contribution is 5.99. The molecule has 0 fully saturated rings. The fourth-order valence-electron chi connectivity index (χ4n) is 2.37. The van der Waals surface area contributed by atoms with Gasteiger partial charge in [-0.3, -0.25) is 9.78 Å². The molecule has 0 radical (unpaired) electrons. The van der Waals surface area contributed by atoms with Crippen molar-refractivity contribution in [1.29, 1.82) is 0 Å². The molecule has 0 saturated carbocycles. The summed E-state index contributed by atoms with van der Waals surface area (Å²) in [5.41, 5.74) is 4.36. The van der Waals surface area contributed by atoms with Gasteiger partial charge in [0.1, 0.15) is 0 Å².